The van der Waals surface area contributed by atoms with Crippen molar-refractivity contribution >= 4 is 5.91 Å². The summed E-state index contributed by atoms with van der Waals surface area (Å²) in [6, 6.07) is 25.2. The van der Waals surface area contributed by atoms with Gasteiger partial charge in [-0.25, -0.2) is 0 Å². The monoisotopic (exact) mass is 381 g/mol. The normalized spacial score (nSPS) is 15.1. The van der Waals surface area contributed by atoms with E-state index in [0.29, 0.717) is 17.3 Å². The number of hydrogen-bond acceptors (Lipinski definition) is 4. The number of nitrogens with one attached hydrogen (secondary N) is 1. The third-order valence-electron chi connectivity index (χ3n) is 5.28. The van der Waals surface area contributed by atoms with Gasteiger partial charge in [0, 0.05) is 16.7 Å². The standard InChI is InChI=1S/C24H19N3O2/c28-22(25-21-15-14-16-6-4-5-9-20(16)21)17-10-12-19(13-11-17)24-27-26-23(29-24)18-7-2-1-3-8-18/h1-13,21H,14-15H2,(H,25,28). The molecule has 0 saturated carbocycles. The van der Waals surface area contributed by atoms with Crippen LogP contribution in [0, 0.1) is 0 Å². The lowest BCUT2D eigenvalue weighted by Crippen LogP contribution is -2.27. The third-order valence-corrected chi connectivity index (χ3v) is 5.28. The van der Waals surface area contributed by atoms with E-state index in [1.54, 1.807) is 12.1 Å². The smallest absolute Gasteiger partial charge is 0.251 e. The van der Waals surface area contributed by atoms with Gasteiger partial charge in [0.15, 0.2) is 0 Å². The number of fused-ring (bicyclic) bond motifs is 1. The number of benzene rings is 3. The number of rotatable bonds is 4. The molecule has 5 nitrogen and oxygen atoms in total. The highest BCUT2D eigenvalue weighted by Crippen LogP contribution is 2.31. The van der Waals surface area contributed by atoms with Crippen molar-refractivity contribution in [1.29, 1.82) is 0 Å². The minimum absolute atomic E-state index is 0.0720. The molecule has 0 radical (unpaired) electrons. The molecule has 0 fully saturated rings. The molecule has 1 N–H and O–H groups in total. The first kappa shape index (κ1) is 17.4. The van der Waals surface area contributed by atoms with E-state index in [1.165, 1.54) is 11.1 Å². The van der Waals surface area contributed by atoms with Gasteiger partial charge in [-0.2, -0.15) is 0 Å². The molecule has 5 heteroatoms. The maximum Gasteiger partial charge on any atom is 0.251 e. The number of carbonyl (C=O) groups is 1. The van der Waals surface area contributed by atoms with E-state index in [9.17, 15) is 4.79 Å². The van der Waals surface area contributed by atoms with Crippen molar-refractivity contribution in [3.63, 3.8) is 0 Å². The van der Waals surface area contributed by atoms with Crippen molar-refractivity contribution in [2.24, 2.45) is 0 Å². The summed E-state index contributed by atoms with van der Waals surface area (Å²) < 4.78 is 5.78. The van der Waals surface area contributed by atoms with Crippen LogP contribution in [0.15, 0.2) is 83.3 Å². The van der Waals surface area contributed by atoms with Gasteiger partial charge in [0.1, 0.15) is 0 Å². The lowest BCUT2D eigenvalue weighted by molar-refractivity contribution is 0.0936. The fourth-order valence-corrected chi connectivity index (χ4v) is 3.75. The highest BCUT2D eigenvalue weighted by atomic mass is 16.4. The molecule has 1 aliphatic carbocycles. The zero-order chi connectivity index (χ0) is 19.6. The number of hydrogen-bond donors (Lipinski definition) is 1. The molecule has 5 rings (SSSR count). The van der Waals surface area contributed by atoms with Gasteiger partial charge < -0.3 is 9.73 Å². The van der Waals surface area contributed by atoms with Gasteiger partial charge in [0.25, 0.3) is 5.91 Å². The van der Waals surface area contributed by atoms with E-state index in [-0.39, 0.29) is 11.9 Å². The fraction of sp³-hybridized carbons (Fsp3) is 0.125. The lowest BCUT2D eigenvalue weighted by Gasteiger charge is -2.14. The maximum atomic E-state index is 12.7. The molecule has 0 bridgehead atoms. The summed E-state index contributed by atoms with van der Waals surface area (Å²) >= 11 is 0. The Hall–Kier alpha value is -3.73. The molecule has 1 unspecified atom stereocenters. The molecule has 3 aromatic carbocycles. The van der Waals surface area contributed by atoms with Crippen molar-refractivity contribution in [2.75, 3.05) is 0 Å². The van der Waals surface area contributed by atoms with E-state index in [0.717, 1.165) is 24.0 Å². The van der Waals surface area contributed by atoms with E-state index in [4.69, 9.17) is 4.42 Å². The minimum Gasteiger partial charge on any atom is -0.416 e. The van der Waals surface area contributed by atoms with Crippen LogP contribution in [0.2, 0.25) is 0 Å². The molecule has 0 spiro atoms. The first-order valence-corrected chi connectivity index (χ1v) is 9.66. The van der Waals surface area contributed by atoms with Crippen molar-refractivity contribution in [2.45, 2.75) is 18.9 Å². The minimum atomic E-state index is -0.0752. The Morgan fingerprint density at radius 3 is 2.24 bits per heavy atom. The SMILES string of the molecule is O=C(NC1CCc2ccccc21)c1ccc(-c2nnc(-c3ccccc3)o2)cc1. The number of amides is 1. The summed E-state index contributed by atoms with van der Waals surface area (Å²) in [4.78, 5) is 12.7. The highest BCUT2D eigenvalue weighted by Gasteiger charge is 2.23. The van der Waals surface area contributed by atoms with Crippen LogP contribution < -0.4 is 5.32 Å². The predicted octanol–water partition coefficient (Wildman–Crippen LogP) is 4.82. The second-order valence-corrected chi connectivity index (χ2v) is 7.12. The first-order valence-electron chi connectivity index (χ1n) is 9.66. The van der Waals surface area contributed by atoms with Gasteiger partial charge >= 0.3 is 0 Å². The Morgan fingerprint density at radius 2 is 1.48 bits per heavy atom. The van der Waals surface area contributed by atoms with Crippen LogP contribution in [0.5, 0.6) is 0 Å². The second kappa shape index (κ2) is 7.36. The van der Waals surface area contributed by atoms with E-state index >= 15 is 0 Å². The van der Waals surface area contributed by atoms with Crippen molar-refractivity contribution in [1.82, 2.24) is 15.5 Å². The van der Waals surface area contributed by atoms with Crippen LogP contribution in [-0.4, -0.2) is 16.1 Å². The molecule has 1 aliphatic rings. The maximum absolute atomic E-state index is 12.7. The van der Waals surface area contributed by atoms with Gasteiger partial charge in [0.05, 0.1) is 6.04 Å². The molecule has 29 heavy (non-hydrogen) atoms. The molecule has 1 amide bonds. The second-order valence-electron chi connectivity index (χ2n) is 7.12. The van der Waals surface area contributed by atoms with Gasteiger partial charge in [-0.05, 0) is 60.4 Å². The van der Waals surface area contributed by atoms with Gasteiger partial charge in [-0.1, -0.05) is 42.5 Å². The van der Waals surface area contributed by atoms with Gasteiger partial charge in [-0.3, -0.25) is 4.79 Å². The average Bonchev–Trinajstić information content (AvgIpc) is 3.43. The molecule has 4 aromatic rings. The quantitative estimate of drug-likeness (QED) is 0.550. The number of nitrogens with zero attached hydrogens (tertiary/aromatic N) is 2. The van der Waals surface area contributed by atoms with Crippen LogP contribution in [0.3, 0.4) is 0 Å². The van der Waals surface area contributed by atoms with Crippen LogP contribution in [0.1, 0.15) is 33.9 Å². The summed E-state index contributed by atoms with van der Waals surface area (Å²) in [7, 11) is 0. The Labute approximate surface area is 168 Å². The summed E-state index contributed by atoms with van der Waals surface area (Å²) in [6.07, 6.45) is 1.94. The molecule has 1 aromatic heterocycles. The van der Waals surface area contributed by atoms with Crippen molar-refractivity contribution in [3.05, 3.63) is 95.6 Å². The molecule has 142 valence electrons. The zero-order valence-electron chi connectivity index (χ0n) is 15.7. The molecular weight excluding hydrogens is 362 g/mol. The Morgan fingerprint density at radius 1 is 0.828 bits per heavy atom. The van der Waals surface area contributed by atoms with E-state index < -0.39 is 0 Å². The van der Waals surface area contributed by atoms with Crippen molar-refractivity contribution < 1.29 is 9.21 Å². The number of aromatic nitrogens is 2. The summed E-state index contributed by atoms with van der Waals surface area (Å²) in [5, 5.41) is 11.4. The van der Waals surface area contributed by atoms with E-state index in [2.05, 4.69) is 27.6 Å². The Balaban J connectivity index is 1.31. The average molecular weight is 381 g/mol. The largest absolute Gasteiger partial charge is 0.416 e. The van der Waals surface area contributed by atoms with Crippen LogP contribution in [0.4, 0.5) is 0 Å². The first-order chi connectivity index (χ1) is 14.3. The van der Waals surface area contributed by atoms with Crippen LogP contribution >= 0.6 is 0 Å². The summed E-state index contributed by atoms with van der Waals surface area (Å²) in [5.41, 5.74) is 4.80. The van der Waals surface area contributed by atoms with Gasteiger partial charge in [-0.15, -0.1) is 10.2 Å². The molecule has 0 saturated heterocycles. The molecular formula is C24H19N3O2. The Kier molecular flexibility index (Phi) is 4.41. The summed E-state index contributed by atoms with van der Waals surface area (Å²) in [6.45, 7) is 0. The fourth-order valence-electron chi connectivity index (χ4n) is 3.75. The molecule has 0 aliphatic heterocycles. The topological polar surface area (TPSA) is 68.0 Å². The van der Waals surface area contributed by atoms with Crippen LogP contribution in [-0.2, 0) is 6.42 Å². The lowest BCUT2D eigenvalue weighted by atomic mass is 10.1. The van der Waals surface area contributed by atoms with Gasteiger partial charge in [0.2, 0.25) is 11.8 Å². The number of carbonyl (C=O) groups excluding carboxylic acids is 1. The molecule has 1 atom stereocenters. The Bertz CT molecular complexity index is 1150. The predicted molar refractivity (Wildman–Crippen MR) is 110 cm³/mol. The van der Waals surface area contributed by atoms with E-state index in [1.807, 2.05) is 54.6 Å². The zero-order valence-corrected chi connectivity index (χ0v) is 15.7. The van der Waals surface area contributed by atoms with Crippen LogP contribution in [0.25, 0.3) is 22.9 Å². The number of aryl methyl sites for hydroxylation is 1. The highest BCUT2D eigenvalue weighted by molar-refractivity contribution is 5.94. The summed E-state index contributed by atoms with van der Waals surface area (Å²) in [5.74, 6) is 0.830. The third kappa shape index (κ3) is 3.43. The van der Waals surface area contributed by atoms with Crippen molar-refractivity contribution in [3.8, 4) is 22.9 Å². The molecule has 1 heterocycles.